The van der Waals surface area contributed by atoms with Crippen molar-refractivity contribution in [1.82, 2.24) is 5.32 Å². The maximum atomic E-state index is 11.6. The standard InChI is InChI=1S/C12H17N3O4/c1-12(2,3)13-7-11(17)14-9-5-4-8(15(18)19)6-10(9)16/h4-6,13,16H,7H2,1-3H3,(H,14,17). The summed E-state index contributed by atoms with van der Waals surface area (Å²) in [7, 11) is 0. The monoisotopic (exact) mass is 267 g/mol. The van der Waals surface area contributed by atoms with Crippen molar-refractivity contribution >= 4 is 17.3 Å². The highest BCUT2D eigenvalue weighted by Gasteiger charge is 2.14. The molecule has 0 aromatic heterocycles. The molecule has 1 amide bonds. The third-order valence-corrected chi connectivity index (χ3v) is 2.25. The first-order chi connectivity index (χ1) is 8.69. The van der Waals surface area contributed by atoms with Gasteiger partial charge in [-0.15, -0.1) is 0 Å². The number of non-ortho nitro benzene ring substituents is 1. The molecule has 0 aliphatic rings. The molecule has 1 aromatic carbocycles. The SMILES string of the molecule is CC(C)(C)NCC(=O)Nc1ccc([N+](=O)[O-])cc1O. The summed E-state index contributed by atoms with van der Waals surface area (Å²) in [6.45, 7) is 5.84. The molecule has 7 nitrogen and oxygen atoms in total. The van der Waals surface area contributed by atoms with Crippen LogP contribution in [0.2, 0.25) is 0 Å². The number of carbonyl (C=O) groups is 1. The van der Waals surface area contributed by atoms with E-state index < -0.39 is 4.92 Å². The van der Waals surface area contributed by atoms with Crippen molar-refractivity contribution in [2.24, 2.45) is 0 Å². The van der Waals surface area contributed by atoms with Crippen LogP contribution in [0.3, 0.4) is 0 Å². The number of carbonyl (C=O) groups excluding carboxylic acids is 1. The number of nitro benzene ring substituents is 1. The molecule has 104 valence electrons. The van der Waals surface area contributed by atoms with E-state index in [0.29, 0.717) is 0 Å². The highest BCUT2D eigenvalue weighted by molar-refractivity contribution is 5.93. The number of nitrogens with one attached hydrogen (secondary N) is 2. The Morgan fingerprint density at radius 1 is 1.42 bits per heavy atom. The maximum Gasteiger partial charge on any atom is 0.273 e. The lowest BCUT2D eigenvalue weighted by atomic mass is 10.1. The summed E-state index contributed by atoms with van der Waals surface area (Å²) in [5.41, 5.74) is -0.288. The molecule has 0 radical (unpaired) electrons. The predicted molar refractivity (Wildman–Crippen MR) is 71.1 cm³/mol. The molecule has 19 heavy (non-hydrogen) atoms. The fraction of sp³-hybridized carbons (Fsp3) is 0.417. The third-order valence-electron chi connectivity index (χ3n) is 2.25. The van der Waals surface area contributed by atoms with Gasteiger partial charge in [-0.2, -0.15) is 0 Å². The van der Waals surface area contributed by atoms with E-state index >= 15 is 0 Å². The zero-order valence-electron chi connectivity index (χ0n) is 11.1. The Bertz CT molecular complexity index is 494. The van der Waals surface area contributed by atoms with Gasteiger partial charge >= 0.3 is 0 Å². The number of nitro groups is 1. The van der Waals surface area contributed by atoms with Crippen molar-refractivity contribution in [3.63, 3.8) is 0 Å². The van der Waals surface area contributed by atoms with Crippen molar-refractivity contribution < 1.29 is 14.8 Å². The van der Waals surface area contributed by atoms with Gasteiger partial charge in [-0.3, -0.25) is 14.9 Å². The van der Waals surface area contributed by atoms with Gasteiger partial charge in [0.1, 0.15) is 5.75 Å². The quantitative estimate of drug-likeness (QED) is 0.437. The minimum Gasteiger partial charge on any atom is -0.506 e. The van der Waals surface area contributed by atoms with Gasteiger partial charge in [0.2, 0.25) is 5.91 Å². The lowest BCUT2D eigenvalue weighted by molar-refractivity contribution is -0.384. The zero-order chi connectivity index (χ0) is 14.6. The fourth-order valence-corrected chi connectivity index (χ4v) is 1.28. The Morgan fingerprint density at radius 2 is 2.05 bits per heavy atom. The average Bonchev–Trinajstić information content (AvgIpc) is 2.28. The van der Waals surface area contributed by atoms with Crippen LogP contribution in [0.4, 0.5) is 11.4 Å². The van der Waals surface area contributed by atoms with Crippen LogP contribution in [0, 0.1) is 10.1 Å². The maximum absolute atomic E-state index is 11.6. The largest absolute Gasteiger partial charge is 0.506 e. The molecule has 0 aliphatic heterocycles. The number of aromatic hydroxyl groups is 1. The van der Waals surface area contributed by atoms with E-state index in [1.165, 1.54) is 12.1 Å². The van der Waals surface area contributed by atoms with Gasteiger partial charge in [0.05, 0.1) is 23.2 Å². The summed E-state index contributed by atoms with van der Waals surface area (Å²) in [4.78, 5) is 21.5. The molecular weight excluding hydrogens is 250 g/mol. The smallest absolute Gasteiger partial charge is 0.273 e. The molecule has 0 heterocycles. The first-order valence-corrected chi connectivity index (χ1v) is 5.71. The summed E-state index contributed by atoms with van der Waals surface area (Å²) < 4.78 is 0. The number of rotatable bonds is 4. The molecule has 0 fully saturated rings. The van der Waals surface area contributed by atoms with Crippen LogP contribution in [0.1, 0.15) is 20.8 Å². The molecule has 0 aliphatic carbocycles. The topological polar surface area (TPSA) is 104 Å². The number of hydrogen-bond acceptors (Lipinski definition) is 5. The Balaban J connectivity index is 2.67. The van der Waals surface area contributed by atoms with Crippen molar-refractivity contribution in [1.29, 1.82) is 0 Å². The van der Waals surface area contributed by atoms with E-state index in [1.54, 1.807) is 0 Å². The molecule has 0 spiro atoms. The molecule has 0 saturated carbocycles. The van der Waals surface area contributed by atoms with Crippen LogP contribution >= 0.6 is 0 Å². The van der Waals surface area contributed by atoms with Crippen molar-refractivity contribution in [2.75, 3.05) is 11.9 Å². The average molecular weight is 267 g/mol. The van der Waals surface area contributed by atoms with Crippen LogP contribution in [0.15, 0.2) is 18.2 Å². The van der Waals surface area contributed by atoms with Crippen molar-refractivity contribution in [2.45, 2.75) is 26.3 Å². The molecular formula is C12H17N3O4. The molecule has 0 unspecified atom stereocenters. The van der Waals surface area contributed by atoms with Crippen LogP contribution in [-0.4, -0.2) is 28.0 Å². The number of benzene rings is 1. The van der Waals surface area contributed by atoms with Gasteiger partial charge in [0.15, 0.2) is 0 Å². The van der Waals surface area contributed by atoms with Crippen LogP contribution in [0.25, 0.3) is 0 Å². The summed E-state index contributed by atoms with van der Waals surface area (Å²) >= 11 is 0. The summed E-state index contributed by atoms with van der Waals surface area (Å²) in [5, 5.41) is 25.5. The highest BCUT2D eigenvalue weighted by Crippen LogP contribution is 2.27. The third kappa shape index (κ3) is 4.92. The van der Waals surface area contributed by atoms with E-state index in [-0.39, 0.29) is 35.1 Å². The number of phenolic OH excluding ortho intramolecular Hbond substituents is 1. The Kier molecular flexibility index (Phi) is 4.44. The van der Waals surface area contributed by atoms with Crippen molar-refractivity contribution in [3.05, 3.63) is 28.3 Å². The van der Waals surface area contributed by atoms with Gasteiger partial charge in [-0.25, -0.2) is 0 Å². The van der Waals surface area contributed by atoms with Gasteiger partial charge < -0.3 is 15.7 Å². The predicted octanol–water partition coefficient (Wildman–Crippen LogP) is 1.63. The van der Waals surface area contributed by atoms with Crippen LogP contribution in [-0.2, 0) is 4.79 Å². The number of phenols is 1. The molecule has 3 N–H and O–H groups in total. The second-order valence-corrected chi connectivity index (χ2v) is 5.11. The van der Waals surface area contributed by atoms with E-state index in [2.05, 4.69) is 10.6 Å². The van der Waals surface area contributed by atoms with Gasteiger partial charge in [0, 0.05) is 11.6 Å². The van der Waals surface area contributed by atoms with Gasteiger partial charge in [0.25, 0.3) is 5.69 Å². The number of amides is 1. The van der Waals surface area contributed by atoms with Crippen LogP contribution < -0.4 is 10.6 Å². The van der Waals surface area contributed by atoms with Crippen molar-refractivity contribution in [3.8, 4) is 5.75 Å². The van der Waals surface area contributed by atoms with Gasteiger partial charge in [-0.1, -0.05) is 0 Å². The van der Waals surface area contributed by atoms with E-state index in [0.717, 1.165) is 6.07 Å². The summed E-state index contributed by atoms with van der Waals surface area (Å²) in [6, 6.07) is 3.50. The second-order valence-electron chi connectivity index (χ2n) is 5.11. The lowest BCUT2D eigenvalue weighted by Gasteiger charge is -2.20. The van der Waals surface area contributed by atoms with E-state index in [1.807, 2.05) is 20.8 Å². The lowest BCUT2D eigenvalue weighted by Crippen LogP contribution is -2.41. The van der Waals surface area contributed by atoms with E-state index in [9.17, 15) is 20.0 Å². The molecule has 7 heteroatoms. The minimum atomic E-state index is -0.619. The minimum absolute atomic E-state index is 0.0833. The number of nitrogens with zero attached hydrogens (tertiary/aromatic N) is 1. The fourth-order valence-electron chi connectivity index (χ4n) is 1.28. The van der Waals surface area contributed by atoms with E-state index in [4.69, 9.17) is 0 Å². The normalized spacial score (nSPS) is 11.1. The molecule has 1 rings (SSSR count). The highest BCUT2D eigenvalue weighted by atomic mass is 16.6. The molecule has 0 atom stereocenters. The number of hydrogen-bond donors (Lipinski definition) is 3. The molecule has 1 aromatic rings. The summed E-state index contributed by atoms with van der Waals surface area (Å²) in [5.74, 6) is -0.669. The first-order valence-electron chi connectivity index (χ1n) is 5.71. The first kappa shape index (κ1) is 14.9. The Hall–Kier alpha value is -2.15. The molecule has 0 saturated heterocycles. The number of anilines is 1. The van der Waals surface area contributed by atoms with Crippen LogP contribution in [0.5, 0.6) is 5.75 Å². The second kappa shape index (κ2) is 5.66. The zero-order valence-corrected chi connectivity index (χ0v) is 11.1. The molecule has 0 bridgehead atoms. The van der Waals surface area contributed by atoms with Gasteiger partial charge in [-0.05, 0) is 26.8 Å². The summed E-state index contributed by atoms with van der Waals surface area (Å²) in [6.07, 6.45) is 0. The Morgan fingerprint density at radius 3 is 2.53 bits per heavy atom. The Labute approximate surface area is 110 Å².